The van der Waals surface area contributed by atoms with Crippen LogP contribution in [0, 0.1) is 0 Å². The van der Waals surface area contributed by atoms with Crippen molar-refractivity contribution in [2.75, 3.05) is 6.61 Å². The number of para-hydroxylation sites is 1. The number of benzene rings is 2. The molecular formula is C20H18F3N3O3. The number of nitrogens with one attached hydrogen (secondary N) is 1. The van der Waals surface area contributed by atoms with E-state index in [1.165, 1.54) is 23.0 Å². The Labute approximate surface area is 163 Å². The summed E-state index contributed by atoms with van der Waals surface area (Å²) in [6, 6.07) is 12.9. The van der Waals surface area contributed by atoms with Crippen LogP contribution in [0.4, 0.5) is 13.2 Å². The van der Waals surface area contributed by atoms with Crippen molar-refractivity contribution in [2.45, 2.75) is 25.7 Å². The summed E-state index contributed by atoms with van der Waals surface area (Å²) < 4.78 is 42.4. The Hall–Kier alpha value is -3.36. The molecule has 0 aliphatic heterocycles. The van der Waals surface area contributed by atoms with Crippen LogP contribution in [-0.2, 0) is 17.9 Å². The molecule has 152 valence electrons. The Bertz CT molecular complexity index is 1050. The van der Waals surface area contributed by atoms with Crippen molar-refractivity contribution in [3.05, 3.63) is 70.8 Å². The molecule has 0 bridgehead atoms. The van der Waals surface area contributed by atoms with Crippen LogP contribution in [0.15, 0.2) is 59.7 Å². The van der Waals surface area contributed by atoms with Crippen molar-refractivity contribution in [3.63, 3.8) is 0 Å². The van der Waals surface area contributed by atoms with Gasteiger partial charge in [0.2, 0.25) is 5.91 Å². The summed E-state index contributed by atoms with van der Waals surface area (Å²) in [5.41, 5.74) is 1.10. The van der Waals surface area contributed by atoms with E-state index in [4.69, 9.17) is 0 Å². The molecule has 3 aromatic rings. The maximum absolute atomic E-state index is 12.4. The first-order valence-electron chi connectivity index (χ1n) is 8.81. The molecule has 2 aromatic carbocycles. The largest absolute Gasteiger partial charge is 0.484 e. The van der Waals surface area contributed by atoms with Crippen LogP contribution in [0.1, 0.15) is 12.0 Å². The van der Waals surface area contributed by atoms with Gasteiger partial charge in [-0.05, 0) is 29.8 Å². The average Bonchev–Trinajstić information content (AvgIpc) is 2.70. The van der Waals surface area contributed by atoms with Crippen molar-refractivity contribution >= 4 is 16.8 Å². The number of rotatable bonds is 7. The van der Waals surface area contributed by atoms with E-state index in [0.717, 1.165) is 0 Å². The molecule has 0 atom stereocenters. The number of aromatic nitrogens is 2. The van der Waals surface area contributed by atoms with Crippen LogP contribution in [0.25, 0.3) is 10.9 Å². The van der Waals surface area contributed by atoms with Crippen molar-refractivity contribution in [3.8, 4) is 5.75 Å². The zero-order chi connectivity index (χ0) is 20.9. The third-order valence-corrected chi connectivity index (χ3v) is 4.13. The number of carbonyl (C=O) groups excluding carboxylic acids is 1. The van der Waals surface area contributed by atoms with Gasteiger partial charge in [0.25, 0.3) is 5.56 Å². The fourth-order valence-corrected chi connectivity index (χ4v) is 2.65. The minimum absolute atomic E-state index is 0.0900. The fourth-order valence-electron chi connectivity index (χ4n) is 2.65. The van der Waals surface area contributed by atoms with E-state index in [0.29, 0.717) is 16.5 Å². The topological polar surface area (TPSA) is 73.2 Å². The molecule has 0 saturated heterocycles. The monoisotopic (exact) mass is 405 g/mol. The first kappa shape index (κ1) is 20.4. The van der Waals surface area contributed by atoms with E-state index >= 15 is 0 Å². The van der Waals surface area contributed by atoms with Gasteiger partial charge in [-0.25, -0.2) is 4.98 Å². The standard InChI is InChI=1S/C20H18F3N3O3/c21-20(22,23)12-29-15-7-5-14(6-8-15)11-24-18(27)9-10-26-13-25-17-4-2-1-3-16(17)19(26)28/h1-8,13H,9-12H2,(H,24,27). The molecule has 1 aromatic heterocycles. The van der Waals surface area contributed by atoms with Crippen LogP contribution < -0.4 is 15.6 Å². The van der Waals surface area contributed by atoms with Gasteiger partial charge in [0.05, 0.1) is 17.2 Å². The van der Waals surface area contributed by atoms with Gasteiger partial charge in [-0.2, -0.15) is 13.2 Å². The summed E-state index contributed by atoms with van der Waals surface area (Å²) in [4.78, 5) is 28.6. The number of fused-ring (bicyclic) bond motifs is 1. The molecule has 0 radical (unpaired) electrons. The van der Waals surface area contributed by atoms with Gasteiger partial charge >= 0.3 is 6.18 Å². The van der Waals surface area contributed by atoms with Gasteiger partial charge in [-0.1, -0.05) is 24.3 Å². The smallest absolute Gasteiger partial charge is 0.422 e. The van der Waals surface area contributed by atoms with Gasteiger partial charge < -0.3 is 10.1 Å². The number of hydrogen-bond acceptors (Lipinski definition) is 4. The molecule has 29 heavy (non-hydrogen) atoms. The highest BCUT2D eigenvalue weighted by Gasteiger charge is 2.28. The predicted octanol–water partition coefficient (Wildman–Crippen LogP) is 3.04. The molecule has 0 unspecified atom stereocenters. The van der Waals surface area contributed by atoms with Gasteiger partial charge in [-0.15, -0.1) is 0 Å². The lowest BCUT2D eigenvalue weighted by molar-refractivity contribution is -0.153. The zero-order valence-electron chi connectivity index (χ0n) is 15.3. The average molecular weight is 405 g/mol. The number of nitrogens with zero attached hydrogens (tertiary/aromatic N) is 2. The van der Waals surface area contributed by atoms with E-state index in [9.17, 15) is 22.8 Å². The van der Waals surface area contributed by atoms with Crippen LogP contribution in [0.3, 0.4) is 0 Å². The molecule has 1 N–H and O–H groups in total. The maximum atomic E-state index is 12.4. The molecule has 1 heterocycles. The molecule has 3 rings (SSSR count). The minimum Gasteiger partial charge on any atom is -0.484 e. The lowest BCUT2D eigenvalue weighted by Gasteiger charge is -2.10. The summed E-state index contributed by atoms with van der Waals surface area (Å²) in [7, 11) is 0. The summed E-state index contributed by atoms with van der Waals surface area (Å²) in [5, 5.41) is 3.20. The van der Waals surface area contributed by atoms with Crippen molar-refractivity contribution in [1.82, 2.24) is 14.9 Å². The van der Waals surface area contributed by atoms with E-state index < -0.39 is 12.8 Å². The summed E-state index contributed by atoms with van der Waals surface area (Å²) >= 11 is 0. The first-order chi connectivity index (χ1) is 13.8. The van der Waals surface area contributed by atoms with Gasteiger partial charge in [0.1, 0.15) is 5.75 Å². The highest BCUT2D eigenvalue weighted by molar-refractivity contribution is 5.77. The maximum Gasteiger partial charge on any atom is 0.422 e. The Kier molecular flexibility index (Phi) is 6.16. The molecule has 0 aliphatic rings. The van der Waals surface area contributed by atoms with E-state index in [1.807, 2.05) is 0 Å². The van der Waals surface area contributed by atoms with Crippen LogP contribution >= 0.6 is 0 Å². The lowest BCUT2D eigenvalue weighted by atomic mass is 10.2. The molecule has 0 aliphatic carbocycles. The number of halogens is 3. The van der Waals surface area contributed by atoms with Crippen LogP contribution in [-0.4, -0.2) is 28.2 Å². The number of carbonyl (C=O) groups is 1. The molecule has 9 heteroatoms. The molecule has 0 saturated carbocycles. The summed E-state index contributed by atoms with van der Waals surface area (Å²) in [6.07, 6.45) is -2.89. The Balaban J connectivity index is 1.49. The van der Waals surface area contributed by atoms with Crippen molar-refractivity contribution < 1.29 is 22.7 Å². The lowest BCUT2D eigenvalue weighted by Crippen LogP contribution is -2.27. The van der Waals surface area contributed by atoms with Gasteiger partial charge in [0, 0.05) is 19.5 Å². The van der Waals surface area contributed by atoms with E-state index in [-0.39, 0.29) is 36.7 Å². The quantitative estimate of drug-likeness (QED) is 0.656. The summed E-state index contributed by atoms with van der Waals surface area (Å²) in [5.74, 6) is -0.164. The van der Waals surface area contributed by atoms with Crippen molar-refractivity contribution in [1.29, 1.82) is 0 Å². The molecule has 1 amide bonds. The number of hydrogen-bond donors (Lipinski definition) is 1. The van der Waals surface area contributed by atoms with Crippen molar-refractivity contribution in [2.24, 2.45) is 0 Å². The molecule has 0 fully saturated rings. The number of aryl methyl sites for hydroxylation is 1. The third-order valence-electron chi connectivity index (χ3n) is 4.13. The zero-order valence-corrected chi connectivity index (χ0v) is 15.3. The number of amides is 1. The second-order valence-electron chi connectivity index (χ2n) is 6.33. The molecule has 6 nitrogen and oxygen atoms in total. The summed E-state index contributed by atoms with van der Waals surface area (Å²) in [6.45, 7) is -0.956. The highest BCUT2D eigenvalue weighted by atomic mass is 19.4. The van der Waals surface area contributed by atoms with E-state index in [2.05, 4.69) is 15.0 Å². The fraction of sp³-hybridized carbons (Fsp3) is 0.250. The Morgan fingerprint density at radius 1 is 1.10 bits per heavy atom. The number of ether oxygens (including phenoxy) is 1. The van der Waals surface area contributed by atoms with Gasteiger partial charge in [0.15, 0.2) is 6.61 Å². The molecular weight excluding hydrogens is 387 g/mol. The van der Waals surface area contributed by atoms with E-state index in [1.54, 1.807) is 36.4 Å². The SMILES string of the molecule is O=C(CCn1cnc2ccccc2c1=O)NCc1ccc(OCC(F)(F)F)cc1. The van der Waals surface area contributed by atoms with Gasteiger partial charge in [-0.3, -0.25) is 14.2 Å². The Morgan fingerprint density at radius 2 is 1.83 bits per heavy atom. The van der Waals surface area contributed by atoms with Crippen LogP contribution in [0.5, 0.6) is 5.75 Å². The minimum atomic E-state index is -4.39. The third kappa shape index (κ3) is 5.81. The Morgan fingerprint density at radius 3 is 2.55 bits per heavy atom. The molecule has 0 spiro atoms. The second-order valence-corrected chi connectivity index (χ2v) is 6.33. The normalized spacial score (nSPS) is 11.4. The van der Waals surface area contributed by atoms with Crippen LogP contribution in [0.2, 0.25) is 0 Å². The number of alkyl halides is 3. The highest BCUT2D eigenvalue weighted by Crippen LogP contribution is 2.18. The second kappa shape index (κ2) is 8.76. The predicted molar refractivity (Wildman–Crippen MR) is 100 cm³/mol. The first-order valence-corrected chi connectivity index (χ1v) is 8.81.